The first-order valence-electron chi connectivity index (χ1n) is 4.91. The number of nitrogens with zero attached hydrogens (tertiary/aromatic N) is 1. The van der Waals surface area contributed by atoms with Gasteiger partial charge < -0.3 is 10.2 Å². The maximum Gasteiger partial charge on any atom is 0.113 e. The zero-order chi connectivity index (χ0) is 10.9. The molecule has 0 radical (unpaired) electrons. The Hall–Kier alpha value is -1.13. The van der Waals surface area contributed by atoms with E-state index in [1.165, 1.54) is 0 Å². The first-order chi connectivity index (χ1) is 7.13. The third kappa shape index (κ3) is 1.96. The van der Waals surface area contributed by atoms with Gasteiger partial charge in [-0.25, -0.2) is 4.98 Å². The van der Waals surface area contributed by atoms with Gasteiger partial charge >= 0.3 is 0 Å². The van der Waals surface area contributed by atoms with E-state index < -0.39 is 0 Å². The van der Waals surface area contributed by atoms with Gasteiger partial charge in [0.1, 0.15) is 5.01 Å². The SMILES string of the molecule is CCC(C)(N)c1nc(-c2ccoc2)cs1. The summed E-state index contributed by atoms with van der Waals surface area (Å²) in [7, 11) is 0. The second-order valence-electron chi connectivity index (χ2n) is 3.82. The lowest BCUT2D eigenvalue weighted by molar-refractivity contribution is 0.474. The third-order valence-corrected chi connectivity index (χ3v) is 3.67. The van der Waals surface area contributed by atoms with Crippen LogP contribution in [-0.2, 0) is 5.54 Å². The molecule has 80 valence electrons. The van der Waals surface area contributed by atoms with Gasteiger partial charge in [-0.05, 0) is 19.4 Å². The molecule has 2 N–H and O–H groups in total. The molecule has 2 heterocycles. The Kier molecular flexibility index (Phi) is 2.63. The van der Waals surface area contributed by atoms with Crippen LogP contribution in [0.3, 0.4) is 0 Å². The summed E-state index contributed by atoms with van der Waals surface area (Å²) < 4.78 is 5.02. The van der Waals surface area contributed by atoms with Gasteiger partial charge in [0, 0.05) is 10.9 Å². The molecule has 0 bridgehead atoms. The lowest BCUT2D eigenvalue weighted by Crippen LogP contribution is -2.31. The van der Waals surface area contributed by atoms with Crippen molar-refractivity contribution in [3.63, 3.8) is 0 Å². The molecule has 2 rings (SSSR count). The Labute approximate surface area is 92.9 Å². The van der Waals surface area contributed by atoms with Gasteiger partial charge in [-0.15, -0.1) is 11.3 Å². The van der Waals surface area contributed by atoms with Crippen LogP contribution in [0.1, 0.15) is 25.3 Å². The first kappa shape index (κ1) is 10.4. The van der Waals surface area contributed by atoms with Crippen molar-refractivity contribution in [1.29, 1.82) is 0 Å². The molecular formula is C11H14N2OS. The molecule has 0 saturated carbocycles. The van der Waals surface area contributed by atoms with Crippen LogP contribution in [0.5, 0.6) is 0 Å². The van der Waals surface area contributed by atoms with E-state index in [2.05, 4.69) is 11.9 Å². The van der Waals surface area contributed by atoms with Crippen LogP contribution in [-0.4, -0.2) is 4.98 Å². The predicted molar refractivity (Wildman–Crippen MR) is 61.6 cm³/mol. The molecule has 0 saturated heterocycles. The van der Waals surface area contributed by atoms with Crippen LogP contribution in [0.15, 0.2) is 28.4 Å². The van der Waals surface area contributed by atoms with Crippen LogP contribution in [0.25, 0.3) is 11.3 Å². The van der Waals surface area contributed by atoms with Crippen LogP contribution in [0.2, 0.25) is 0 Å². The van der Waals surface area contributed by atoms with Crippen LogP contribution in [0, 0.1) is 0 Å². The fourth-order valence-electron chi connectivity index (χ4n) is 1.23. The van der Waals surface area contributed by atoms with E-state index in [0.717, 1.165) is 22.7 Å². The highest BCUT2D eigenvalue weighted by atomic mass is 32.1. The number of aromatic nitrogens is 1. The lowest BCUT2D eigenvalue weighted by atomic mass is 10.0. The van der Waals surface area contributed by atoms with Crippen LogP contribution >= 0.6 is 11.3 Å². The van der Waals surface area contributed by atoms with E-state index in [1.807, 2.05) is 18.4 Å². The quantitative estimate of drug-likeness (QED) is 0.868. The summed E-state index contributed by atoms with van der Waals surface area (Å²) in [5.74, 6) is 0. The highest BCUT2D eigenvalue weighted by Crippen LogP contribution is 2.29. The minimum Gasteiger partial charge on any atom is -0.472 e. The number of hydrogen-bond acceptors (Lipinski definition) is 4. The largest absolute Gasteiger partial charge is 0.472 e. The zero-order valence-corrected chi connectivity index (χ0v) is 9.67. The van der Waals surface area contributed by atoms with Gasteiger partial charge in [-0.3, -0.25) is 0 Å². The fourth-order valence-corrected chi connectivity index (χ4v) is 2.21. The van der Waals surface area contributed by atoms with Crippen molar-refractivity contribution in [3.05, 3.63) is 29.0 Å². The molecule has 2 aromatic rings. The summed E-state index contributed by atoms with van der Waals surface area (Å²) >= 11 is 1.60. The first-order valence-corrected chi connectivity index (χ1v) is 5.79. The number of nitrogens with two attached hydrogens (primary N) is 1. The Bertz CT molecular complexity index is 431. The molecule has 1 atom stereocenters. The highest BCUT2D eigenvalue weighted by molar-refractivity contribution is 7.10. The number of thiazole rings is 1. The summed E-state index contributed by atoms with van der Waals surface area (Å²) in [6, 6.07) is 1.90. The Morgan fingerprint density at radius 3 is 3.00 bits per heavy atom. The van der Waals surface area contributed by atoms with Crippen molar-refractivity contribution in [2.75, 3.05) is 0 Å². The number of hydrogen-bond donors (Lipinski definition) is 1. The highest BCUT2D eigenvalue weighted by Gasteiger charge is 2.22. The average molecular weight is 222 g/mol. The third-order valence-electron chi connectivity index (χ3n) is 2.54. The minimum atomic E-state index is -0.327. The van der Waals surface area contributed by atoms with E-state index >= 15 is 0 Å². The molecule has 0 fully saturated rings. The van der Waals surface area contributed by atoms with Gasteiger partial charge in [-0.2, -0.15) is 0 Å². The molecule has 0 aromatic carbocycles. The van der Waals surface area contributed by atoms with Crippen molar-refractivity contribution in [2.45, 2.75) is 25.8 Å². The van der Waals surface area contributed by atoms with Crippen LogP contribution in [0.4, 0.5) is 0 Å². The lowest BCUT2D eigenvalue weighted by Gasteiger charge is -2.18. The summed E-state index contributed by atoms with van der Waals surface area (Å²) in [6.45, 7) is 4.07. The molecule has 3 nitrogen and oxygen atoms in total. The Morgan fingerprint density at radius 2 is 2.40 bits per heavy atom. The van der Waals surface area contributed by atoms with Gasteiger partial charge in [-0.1, -0.05) is 6.92 Å². The van der Waals surface area contributed by atoms with E-state index in [-0.39, 0.29) is 5.54 Å². The van der Waals surface area contributed by atoms with E-state index in [4.69, 9.17) is 10.2 Å². The molecular weight excluding hydrogens is 208 g/mol. The molecule has 0 amide bonds. The van der Waals surface area contributed by atoms with Crippen molar-refractivity contribution in [2.24, 2.45) is 5.73 Å². The molecule has 1 unspecified atom stereocenters. The second-order valence-corrected chi connectivity index (χ2v) is 4.68. The Morgan fingerprint density at radius 1 is 1.60 bits per heavy atom. The van der Waals surface area contributed by atoms with Crippen molar-refractivity contribution in [1.82, 2.24) is 4.98 Å². The number of furan rings is 1. The topological polar surface area (TPSA) is 52.0 Å². The van der Waals surface area contributed by atoms with Gasteiger partial charge in [0.25, 0.3) is 0 Å². The second kappa shape index (κ2) is 3.79. The van der Waals surface area contributed by atoms with Gasteiger partial charge in [0.15, 0.2) is 0 Å². The van der Waals surface area contributed by atoms with E-state index in [0.29, 0.717) is 0 Å². The van der Waals surface area contributed by atoms with Crippen molar-refractivity contribution in [3.8, 4) is 11.3 Å². The zero-order valence-electron chi connectivity index (χ0n) is 8.86. The standard InChI is InChI=1S/C11H14N2OS/c1-3-11(2,12)10-13-9(7-15-10)8-4-5-14-6-8/h4-7H,3,12H2,1-2H3. The molecule has 0 spiro atoms. The monoisotopic (exact) mass is 222 g/mol. The number of rotatable bonds is 3. The summed E-state index contributed by atoms with van der Waals surface area (Å²) in [5.41, 5.74) is 7.74. The molecule has 0 aliphatic carbocycles. The molecule has 0 aliphatic rings. The maximum absolute atomic E-state index is 6.13. The van der Waals surface area contributed by atoms with E-state index in [9.17, 15) is 0 Å². The van der Waals surface area contributed by atoms with Crippen molar-refractivity contribution < 1.29 is 4.42 Å². The smallest absolute Gasteiger partial charge is 0.113 e. The predicted octanol–water partition coefficient (Wildman–Crippen LogP) is 2.99. The summed E-state index contributed by atoms with van der Waals surface area (Å²) in [6.07, 6.45) is 4.22. The summed E-state index contributed by atoms with van der Waals surface area (Å²) in [5, 5.41) is 2.99. The fraction of sp³-hybridized carbons (Fsp3) is 0.364. The van der Waals surface area contributed by atoms with Gasteiger partial charge in [0.05, 0.1) is 23.8 Å². The molecule has 4 heteroatoms. The molecule has 0 aliphatic heterocycles. The molecule has 2 aromatic heterocycles. The summed E-state index contributed by atoms with van der Waals surface area (Å²) in [4.78, 5) is 4.53. The average Bonchev–Trinajstić information content (AvgIpc) is 2.88. The minimum absolute atomic E-state index is 0.327. The molecule has 15 heavy (non-hydrogen) atoms. The normalized spacial score (nSPS) is 15.1. The Balaban J connectivity index is 2.33. The van der Waals surface area contributed by atoms with Crippen molar-refractivity contribution >= 4 is 11.3 Å². The maximum atomic E-state index is 6.13. The van der Waals surface area contributed by atoms with E-state index in [1.54, 1.807) is 23.9 Å². The van der Waals surface area contributed by atoms with Crippen LogP contribution < -0.4 is 5.73 Å². The van der Waals surface area contributed by atoms with Gasteiger partial charge in [0.2, 0.25) is 0 Å².